The molecule has 0 aromatic heterocycles. The van der Waals surface area contributed by atoms with Crippen LogP contribution in [-0.4, -0.2) is 49.1 Å². The monoisotopic (exact) mass is 255 g/mol. The molecule has 1 aliphatic heterocycles. The quantitative estimate of drug-likeness (QED) is 0.750. The molecule has 0 spiro atoms. The lowest BCUT2D eigenvalue weighted by Gasteiger charge is -2.30. The van der Waals surface area contributed by atoms with E-state index in [9.17, 15) is 4.79 Å². The summed E-state index contributed by atoms with van der Waals surface area (Å²) in [6.45, 7) is 11.4. The Morgan fingerprint density at radius 2 is 2.17 bits per heavy atom. The summed E-state index contributed by atoms with van der Waals surface area (Å²) in [4.78, 5) is 14.5. The first-order chi connectivity index (χ1) is 8.39. The molecule has 1 fully saturated rings. The van der Waals surface area contributed by atoms with Gasteiger partial charge in [-0.05, 0) is 59.7 Å². The number of nitrogens with one attached hydrogen (secondary N) is 2. The van der Waals surface area contributed by atoms with Crippen molar-refractivity contribution < 1.29 is 4.79 Å². The van der Waals surface area contributed by atoms with Gasteiger partial charge < -0.3 is 10.6 Å². The van der Waals surface area contributed by atoms with Crippen LogP contribution in [0.1, 0.15) is 40.5 Å². The smallest absolute Gasteiger partial charge is 0.237 e. The zero-order valence-electron chi connectivity index (χ0n) is 12.5. The average molecular weight is 255 g/mol. The fourth-order valence-electron chi connectivity index (χ4n) is 2.36. The van der Waals surface area contributed by atoms with Gasteiger partial charge in [0.25, 0.3) is 0 Å². The first-order valence-electron chi connectivity index (χ1n) is 7.10. The minimum Gasteiger partial charge on any atom is -0.350 e. The van der Waals surface area contributed by atoms with Crippen molar-refractivity contribution >= 4 is 5.91 Å². The van der Waals surface area contributed by atoms with Crippen LogP contribution in [0.3, 0.4) is 0 Å². The molecule has 1 rings (SSSR count). The number of carbonyl (C=O) groups excluding carboxylic acids is 1. The Morgan fingerprint density at radius 3 is 2.72 bits per heavy atom. The maximum absolute atomic E-state index is 12.2. The fourth-order valence-corrected chi connectivity index (χ4v) is 2.36. The molecule has 18 heavy (non-hydrogen) atoms. The van der Waals surface area contributed by atoms with E-state index in [4.69, 9.17) is 0 Å². The molecule has 2 atom stereocenters. The maximum Gasteiger partial charge on any atom is 0.237 e. The highest BCUT2D eigenvalue weighted by atomic mass is 16.2. The van der Waals surface area contributed by atoms with E-state index < -0.39 is 0 Å². The van der Waals surface area contributed by atoms with E-state index in [1.165, 1.54) is 6.42 Å². The van der Waals surface area contributed by atoms with E-state index in [2.05, 4.69) is 36.3 Å². The third-order valence-electron chi connectivity index (χ3n) is 4.08. The van der Waals surface area contributed by atoms with Crippen molar-refractivity contribution in [2.75, 3.05) is 26.7 Å². The minimum atomic E-state index is -0.102. The number of nitrogens with zero attached hydrogens (tertiary/aromatic N) is 1. The van der Waals surface area contributed by atoms with Crippen LogP contribution in [0.2, 0.25) is 0 Å². The Labute approximate surface area is 111 Å². The zero-order valence-corrected chi connectivity index (χ0v) is 12.5. The summed E-state index contributed by atoms with van der Waals surface area (Å²) in [6.07, 6.45) is 2.14. The average Bonchev–Trinajstić information content (AvgIpc) is 2.76. The van der Waals surface area contributed by atoms with E-state index in [-0.39, 0.29) is 17.5 Å². The Morgan fingerprint density at radius 1 is 1.50 bits per heavy atom. The summed E-state index contributed by atoms with van der Waals surface area (Å²) in [5.41, 5.74) is -0.102. The van der Waals surface area contributed by atoms with Crippen molar-refractivity contribution in [1.82, 2.24) is 15.5 Å². The Kier molecular flexibility index (Phi) is 5.60. The van der Waals surface area contributed by atoms with Crippen LogP contribution < -0.4 is 10.6 Å². The second-order valence-corrected chi connectivity index (χ2v) is 6.11. The van der Waals surface area contributed by atoms with E-state index in [0.717, 1.165) is 26.1 Å². The topological polar surface area (TPSA) is 44.4 Å². The molecule has 0 bridgehead atoms. The molecule has 2 N–H and O–H groups in total. The molecule has 1 saturated heterocycles. The van der Waals surface area contributed by atoms with Gasteiger partial charge in [-0.1, -0.05) is 6.92 Å². The second-order valence-electron chi connectivity index (χ2n) is 6.11. The van der Waals surface area contributed by atoms with Crippen LogP contribution in [0.15, 0.2) is 0 Å². The summed E-state index contributed by atoms with van der Waals surface area (Å²) in [6, 6.07) is -0.0160. The third-order valence-corrected chi connectivity index (χ3v) is 4.08. The van der Waals surface area contributed by atoms with E-state index in [1.807, 2.05) is 14.0 Å². The molecule has 2 unspecified atom stereocenters. The molecular weight excluding hydrogens is 226 g/mol. The van der Waals surface area contributed by atoms with Gasteiger partial charge in [0, 0.05) is 12.1 Å². The van der Waals surface area contributed by atoms with Crippen LogP contribution in [0.4, 0.5) is 0 Å². The van der Waals surface area contributed by atoms with Crippen molar-refractivity contribution in [3.8, 4) is 0 Å². The van der Waals surface area contributed by atoms with Gasteiger partial charge in [0.15, 0.2) is 0 Å². The molecular formula is C14H29N3O. The third kappa shape index (κ3) is 4.25. The molecule has 106 valence electrons. The van der Waals surface area contributed by atoms with Crippen molar-refractivity contribution in [1.29, 1.82) is 0 Å². The van der Waals surface area contributed by atoms with Gasteiger partial charge in [-0.3, -0.25) is 9.69 Å². The number of rotatable bonds is 6. The van der Waals surface area contributed by atoms with Crippen molar-refractivity contribution in [3.63, 3.8) is 0 Å². The molecule has 0 aromatic rings. The van der Waals surface area contributed by atoms with Crippen LogP contribution >= 0.6 is 0 Å². The van der Waals surface area contributed by atoms with Crippen LogP contribution in [-0.2, 0) is 4.79 Å². The molecule has 0 saturated carbocycles. The maximum atomic E-state index is 12.2. The predicted molar refractivity (Wildman–Crippen MR) is 75.6 cm³/mol. The highest BCUT2D eigenvalue weighted by Crippen LogP contribution is 2.18. The Hall–Kier alpha value is -0.610. The number of hydrogen-bond donors (Lipinski definition) is 2. The van der Waals surface area contributed by atoms with Crippen LogP contribution in [0.25, 0.3) is 0 Å². The van der Waals surface area contributed by atoms with Crippen molar-refractivity contribution in [3.05, 3.63) is 0 Å². The van der Waals surface area contributed by atoms with Crippen LogP contribution in [0, 0.1) is 5.92 Å². The summed E-state index contributed by atoms with van der Waals surface area (Å²) < 4.78 is 0. The lowest BCUT2D eigenvalue weighted by Crippen LogP contribution is -2.51. The summed E-state index contributed by atoms with van der Waals surface area (Å²) >= 11 is 0. The van der Waals surface area contributed by atoms with Gasteiger partial charge in [0.2, 0.25) is 5.91 Å². The summed E-state index contributed by atoms with van der Waals surface area (Å²) in [7, 11) is 1.99. The molecule has 0 aliphatic carbocycles. The summed E-state index contributed by atoms with van der Waals surface area (Å²) in [5, 5.41) is 6.35. The van der Waals surface area contributed by atoms with E-state index in [1.54, 1.807) is 0 Å². The zero-order chi connectivity index (χ0) is 13.8. The molecule has 4 nitrogen and oxygen atoms in total. The normalized spacial score (nSPS) is 23.1. The van der Waals surface area contributed by atoms with Crippen molar-refractivity contribution in [2.45, 2.75) is 52.1 Å². The lowest BCUT2D eigenvalue weighted by atomic mass is 10.0. The highest BCUT2D eigenvalue weighted by molar-refractivity contribution is 5.82. The molecule has 0 aromatic carbocycles. The Balaban J connectivity index is 2.45. The number of amides is 1. The minimum absolute atomic E-state index is 0.0160. The molecule has 4 heteroatoms. The van der Waals surface area contributed by atoms with E-state index >= 15 is 0 Å². The second kappa shape index (κ2) is 6.53. The lowest BCUT2D eigenvalue weighted by molar-refractivity contribution is -0.127. The standard InChI is InChI=1S/C14H29N3O/c1-6-14(3,4)16-13(18)11(2)17-8-7-12(10-17)9-15-5/h11-12,15H,6-10H2,1-5H3,(H,16,18). The molecule has 1 heterocycles. The predicted octanol–water partition coefficient (Wildman–Crippen LogP) is 1.22. The Bertz CT molecular complexity index is 278. The first-order valence-corrected chi connectivity index (χ1v) is 7.10. The number of carbonyl (C=O) groups is 1. The largest absolute Gasteiger partial charge is 0.350 e. The van der Waals surface area contributed by atoms with Crippen LogP contribution in [0.5, 0.6) is 0 Å². The van der Waals surface area contributed by atoms with Gasteiger partial charge in [-0.25, -0.2) is 0 Å². The highest BCUT2D eigenvalue weighted by Gasteiger charge is 2.30. The molecule has 1 amide bonds. The van der Waals surface area contributed by atoms with Crippen molar-refractivity contribution in [2.24, 2.45) is 5.92 Å². The summed E-state index contributed by atoms with van der Waals surface area (Å²) in [5.74, 6) is 0.844. The number of hydrogen-bond acceptors (Lipinski definition) is 3. The first kappa shape index (κ1) is 15.4. The van der Waals surface area contributed by atoms with Gasteiger partial charge in [0.05, 0.1) is 6.04 Å². The number of likely N-dealkylation sites (tertiary alicyclic amines) is 1. The van der Waals surface area contributed by atoms with Gasteiger partial charge in [0.1, 0.15) is 0 Å². The molecule has 0 radical (unpaired) electrons. The SMILES string of the molecule is CCC(C)(C)NC(=O)C(C)N1CCC(CNC)C1. The molecule has 1 aliphatic rings. The van der Waals surface area contributed by atoms with E-state index in [0.29, 0.717) is 5.92 Å². The fraction of sp³-hybridized carbons (Fsp3) is 0.929. The van der Waals surface area contributed by atoms with Gasteiger partial charge >= 0.3 is 0 Å². The van der Waals surface area contributed by atoms with Gasteiger partial charge in [-0.15, -0.1) is 0 Å². The van der Waals surface area contributed by atoms with Gasteiger partial charge in [-0.2, -0.15) is 0 Å².